The van der Waals surface area contributed by atoms with Gasteiger partial charge in [0.05, 0.1) is 0 Å². The number of aromatic nitrogens is 1. The van der Waals surface area contributed by atoms with Gasteiger partial charge in [-0.15, -0.1) is 0 Å². The van der Waals surface area contributed by atoms with Gasteiger partial charge in [-0.25, -0.2) is 0 Å². The van der Waals surface area contributed by atoms with Crippen LogP contribution in [0.2, 0.25) is 0 Å². The summed E-state index contributed by atoms with van der Waals surface area (Å²) in [7, 11) is 0. The average Bonchev–Trinajstić information content (AvgIpc) is 1.86. The van der Waals surface area contributed by atoms with Crippen molar-refractivity contribution in [2.45, 2.75) is 6.92 Å². The van der Waals surface area contributed by atoms with E-state index >= 15 is 0 Å². The van der Waals surface area contributed by atoms with Crippen molar-refractivity contribution in [2.24, 2.45) is 0 Å². The molecular formula is C6H6BF3KN. The van der Waals surface area contributed by atoms with Gasteiger partial charge >= 0.3 is 58.4 Å². The fourth-order valence-electron chi connectivity index (χ4n) is 0.673. The van der Waals surface area contributed by atoms with Crippen LogP contribution in [0.5, 0.6) is 0 Å². The molecule has 6 heteroatoms. The van der Waals surface area contributed by atoms with E-state index < -0.39 is 12.6 Å². The molecular weight excluding hydrogens is 193 g/mol. The van der Waals surface area contributed by atoms with E-state index in [2.05, 4.69) is 4.98 Å². The molecule has 0 unspecified atom stereocenters. The van der Waals surface area contributed by atoms with Crippen molar-refractivity contribution in [3.63, 3.8) is 0 Å². The Morgan fingerprint density at radius 2 is 1.83 bits per heavy atom. The normalized spacial score (nSPS) is 10.7. The SMILES string of the molecule is Cc1ccc([B-](F)(F)F)nc1.[K+]. The molecule has 0 spiro atoms. The first-order valence-corrected chi connectivity index (χ1v) is 3.12. The summed E-state index contributed by atoms with van der Waals surface area (Å²) in [5, 5.41) is 0. The molecule has 0 radical (unpaired) electrons. The van der Waals surface area contributed by atoms with Crippen LogP contribution in [0.25, 0.3) is 0 Å². The van der Waals surface area contributed by atoms with Crippen LogP contribution >= 0.6 is 0 Å². The molecule has 12 heavy (non-hydrogen) atoms. The molecule has 1 heterocycles. The van der Waals surface area contributed by atoms with Crippen LogP contribution < -0.4 is 57.0 Å². The predicted molar refractivity (Wildman–Crippen MR) is 37.7 cm³/mol. The third-order valence-corrected chi connectivity index (χ3v) is 1.27. The first-order chi connectivity index (χ1) is 5.00. The molecule has 0 aromatic carbocycles. The summed E-state index contributed by atoms with van der Waals surface area (Å²) in [6.45, 7) is -3.23. The molecule has 0 aliphatic heterocycles. The van der Waals surface area contributed by atoms with Crippen molar-refractivity contribution in [1.82, 2.24) is 4.98 Å². The number of hydrogen-bond donors (Lipinski definition) is 0. The maximum Gasteiger partial charge on any atom is 1.00 e. The van der Waals surface area contributed by atoms with Crippen LogP contribution in [-0.4, -0.2) is 12.0 Å². The zero-order valence-corrected chi connectivity index (χ0v) is 10.0. The second-order valence-electron chi connectivity index (χ2n) is 2.34. The topological polar surface area (TPSA) is 12.9 Å². The first kappa shape index (κ1) is 12.6. The Balaban J connectivity index is 0.00000121. The van der Waals surface area contributed by atoms with E-state index in [0.717, 1.165) is 11.6 Å². The monoisotopic (exact) mass is 199 g/mol. The van der Waals surface area contributed by atoms with Gasteiger partial charge in [0, 0.05) is 6.20 Å². The molecule has 1 aromatic rings. The summed E-state index contributed by atoms with van der Waals surface area (Å²) < 4.78 is 35.8. The summed E-state index contributed by atoms with van der Waals surface area (Å²) >= 11 is 0. The molecule has 0 atom stereocenters. The number of halogens is 3. The van der Waals surface area contributed by atoms with Gasteiger partial charge in [0.15, 0.2) is 0 Å². The second kappa shape index (κ2) is 4.76. The van der Waals surface area contributed by atoms with Crippen LogP contribution in [0.4, 0.5) is 12.9 Å². The molecule has 1 aromatic heterocycles. The molecule has 0 aliphatic carbocycles. The van der Waals surface area contributed by atoms with Gasteiger partial charge in [0.25, 0.3) is 0 Å². The van der Waals surface area contributed by atoms with Gasteiger partial charge in [-0.1, -0.05) is 12.1 Å². The van der Waals surface area contributed by atoms with Gasteiger partial charge in [0.1, 0.15) is 0 Å². The molecule has 0 bridgehead atoms. The Kier molecular flexibility index (Phi) is 5.01. The molecule has 0 fully saturated rings. The molecule has 0 aliphatic rings. The number of aryl methyl sites for hydroxylation is 1. The van der Waals surface area contributed by atoms with Crippen molar-refractivity contribution in [3.05, 3.63) is 23.9 Å². The van der Waals surface area contributed by atoms with Crippen molar-refractivity contribution < 1.29 is 64.3 Å². The number of hydrogen-bond acceptors (Lipinski definition) is 1. The molecule has 60 valence electrons. The zero-order valence-electron chi connectivity index (χ0n) is 6.89. The van der Waals surface area contributed by atoms with Crippen molar-refractivity contribution in [2.75, 3.05) is 0 Å². The zero-order chi connectivity index (χ0) is 8.48. The first-order valence-electron chi connectivity index (χ1n) is 3.12. The Labute approximate surface area is 111 Å². The number of pyridine rings is 1. The molecule has 0 saturated carbocycles. The van der Waals surface area contributed by atoms with Crippen molar-refractivity contribution >= 4 is 12.6 Å². The summed E-state index contributed by atoms with van der Waals surface area (Å²) in [5.41, 5.74) is -0.0515. The smallest absolute Gasteiger partial charge is 0.444 e. The fraction of sp³-hybridized carbons (Fsp3) is 0.167. The van der Waals surface area contributed by atoms with E-state index in [9.17, 15) is 12.9 Å². The maximum atomic E-state index is 11.9. The minimum absolute atomic E-state index is 0. The van der Waals surface area contributed by atoms with Crippen molar-refractivity contribution in [1.29, 1.82) is 0 Å². The molecule has 1 nitrogen and oxygen atoms in total. The van der Waals surface area contributed by atoms with E-state index in [1.54, 1.807) is 6.92 Å². The second-order valence-corrected chi connectivity index (χ2v) is 2.34. The number of nitrogens with zero attached hydrogens (tertiary/aromatic N) is 1. The van der Waals surface area contributed by atoms with E-state index in [4.69, 9.17) is 0 Å². The minimum atomic E-state index is -4.93. The molecule has 0 saturated heterocycles. The Morgan fingerprint density at radius 1 is 1.25 bits per heavy atom. The van der Waals surface area contributed by atoms with Crippen LogP contribution in [0, 0.1) is 6.92 Å². The van der Waals surface area contributed by atoms with Gasteiger partial charge in [-0.2, -0.15) is 0 Å². The summed E-state index contributed by atoms with van der Waals surface area (Å²) in [6, 6.07) is 2.40. The standard InChI is InChI=1S/C6H6BF3N.K/c1-5-2-3-6(11-4-5)7(8,9)10;/h2-4H,1H3;/q-1;+1. The van der Waals surface area contributed by atoms with Crippen LogP contribution in [0.15, 0.2) is 18.3 Å². The van der Waals surface area contributed by atoms with Gasteiger partial charge in [-0.05, 0) is 18.1 Å². The quantitative estimate of drug-likeness (QED) is 0.499. The summed E-state index contributed by atoms with van der Waals surface area (Å²) in [4.78, 5) is 3.25. The third kappa shape index (κ3) is 3.57. The summed E-state index contributed by atoms with van der Waals surface area (Å²) in [5.74, 6) is 0. The van der Waals surface area contributed by atoms with E-state index in [1.807, 2.05) is 0 Å². The minimum Gasteiger partial charge on any atom is -0.444 e. The third-order valence-electron chi connectivity index (χ3n) is 1.27. The Hall–Kier alpha value is 0.641. The Morgan fingerprint density at radius 3 is 2.17 bits per heavy atom. The number of rotatable bonds is 1. The summed E-state index contributed by atoms with van der Waals surface area (Å²) in [6.07, 6.45) is 1.21. The van der Waals surface area contributed by atoms with Gasteiger partial charge in [0.2, 0.25) is 0 Å². The molecule has 0 amide bonds. The molecule has 0 N–H and O–H groups in total. The predicted octanol–water partition coefficient (Wildman–Crippen LogP) is -1.55. The van der Waals surface area contributed by atoms with Crippen LogP contribution in [0.3, 0.4) is 0 Å². The largest absolute Gasteiger partial charge is 1.00 e. The van der Waals surface area contributed by atoms with E-state index in [-0.39, 0.29) is 51.4 Å². The van der Waals surface area contributed by atoms with Crippen LogP contribution in [-0.2, 0) is 0 Å². The van der Waals surface area contributed by atoms with Gasteiger partial charge < -0.3 is 12.9 Å². The van der Waals surface area contributed by atoms with Crippen LogP contribution in [0.1, 0.15) is 5.56 Å². The van der Waals surface area contributed by atoms with Crippen molar-refractivity contribution in [3.8, 4) is 0 Å². The maximum absolute atomic E-state index is 11.9. The average molecular weight is 199 g/mol. The van der Waals surface area contributed by atoms with E-state index in [1.165, 1.54) is 12.3 Å². The fourth-order valence-corrected chi connectivity index (χ4v) is 0.673. The van der Waals surface area contributed by atoms with Gasteiger partial charge in [-0.3, -0.25) is 4.98 Å². The van der Waals surface area contributed by atoms with E-state index in [0.29, 0.717) is 0 Å². The Bertz CT molecular complexity index is 246. The molecule has 1 rings (SSSR count).